The van der Waals surface area contributed by atoms with Gasteiger partial charge in [0.1, 0.15) is 11.2 Å². The summed E-state index contributed by atoms with van der Waals surface area (Å²) in [5, 5.41) is 4.53. The number of alkyl halides is 3. The molecule has 0 radical (unpaired) electrons. The van der Waals surface area contributed by atoms with Gasteiger partial charge < -0.3 is 0 Å². The lowest BCUT2D eigenvalue weighted by atomic mass is 10.1. The van der Waals surface area contributed by atoms with E-state index in [-0.39, 0.29) is 5.56 Å². The molecule has 3 rings (SSSR count). The van der Waals surface area contributed by atoms with Crippen molar-refractivity contribution in [2.75, 3.05) is 0 Å². The molecule has 0 amide bonds. The Kier molecular flexibility index (Phi) is 4.00. The van der Waals surface area contributed by atoms with E-state index in [9.17, 15) is 18.0 Å². The molecule has 0 saturated heterocycles. The van der Waals surface area contributed by atoms with E-state index in [1.807, 2.05) is 13.8 Å². The molecule has 2 heterocycles. The van der Waals surface area contributed by atoms with Crippen molar-refractivity contribution in [1.29, 1.82) is 0 Å². The Morgan fingerprint density at radius 2 is 1.88 bits per heavy atom. The summed E-state index contributed by atoms with van der Waals surface area (Å²) in [5.74, 6) is 0. The zero-order valence-corrected chi connectivity index (χ0v) is 13.6. The van der Waals surface area contributed by atoms with E-state index in [1.54, 1.807) is 0 Å². The molecule has 0 unspecified atom stereocenters. The molecule has 0 aliphatic rings. The van der Waals surface area contributed by atoms with Crippen LogP contribution >= 0.6 is 11.3 Å². The summed E-state index contributed by atoms with van der Waals surface area (Å²) in [6, 6.07) is 4.53. The minimum Gasteiger partial charge on any atom is -0.267 e. The summed E-state index contributed by atoms with van der Waals surface area (Å²) < 4.78 is 38.7. The van der Waals surface area contributed by atoms with Crippen molar-refractivity contribution in [3.05, 3.63) is 62.5 Å². The molecule has 124 valence electrons. The van der Waals surface area contributed by atoms with E-state index in [4.69, 9.17) is 0 Å². The van der Waals surface area contributed by atoms with Crippen LogP contribution in [0.25, 0.3) is 10.2 Å². The number of hydrogen-bond donors (Lipinski definition) is 0. The van der Waals surface area contributed by atoms with E-state index >= 15 is 0 Å². The minimum absolute atomic E-state index is 0.301. The zero-order chi connectivity index (χ0) is 17.5. The summed E-state index contributed by atoms with van der Waals surface area (Å²) in [6.07, 6.45) is -1.75. The second kappa shape index (κ2) is 5.86. The molecule has 0 saturated carbocycles. The SMILES string of the molecule is Cc1sc2ncn(/N=C/c3ccc(C(F)(F)F)cc3)c(=O)c2c1C. The molecule has 1 aromatic carbocycles. The summed E-state index contributed by atoms with van der Waals surface area (Å²) in [5.41, 5.74) is 0.286. The van der Waals surface area contributed by atoms with Crippen LogP contribution < -0.4 is 5.56 Å². The van der Waals surface area contributed by atoms with Gasteiger partial charge in [0.2, 0.25) is 0 Å². The van der Waals surface area contributed by atoms with Gasteiger partial charge in [-0.3, -0.25) is 4.79 Å². The van der Waals surface area contributed by atoms with E-state index < -0.39 is 11.7 Å². The van der Waals surface area contributed by atoms with Crippen LogP contribution in [0.2, 0.25) is 0 Å². The number of fused-ring (bicyclic) bond motifs is 1. The largest absolute Gasteiger partial charge is 0.416 e. The smallest absolute Gasteiger partial charge is 0.267 e. The van der Waals surface area contributed by atoms with E-state index in [0.29, 0.717) is 15.8 Å². The van der Waals surface area contributed by atoms with Crippen molar-refractivity contribution in [1.82, 2.24) is 9.66 Å². The lowest BCUT2D eigenvalue weighted by Gasteiger charge is -2.05. The van der Waals surface area contributed by atoms with Crippen LogP contribution in [0.4, 0.5) is 13.2 Å². The Morgan fingerprint density at radius 1 is 1.21 bits per heavy atom. The van der Waals surface area contributed by atoms with Crippen LogP contribution in [0.15, 0.2) is 40.5 Å². The number of nitrogens with zero attached hydrogens (tertiary/aromatic N) is 3. The fourth-order valence-corrected chi connectivity index (χ4v) is 3.18. The molecular formula is C16H12F3N3OS. The number of benzene rings is 1. The van der Waals surface area contributed by atoms with Crippen molar-refractivity contribution in [3.8, 4) is 0 Å². The molecule has 0 aliphatic carbocycles. The van der Waals surface area contributed by atoms with Crippen LogP contribution in [0.5, 0.6) is 0 Å². The van der Waals surface area contributed by atoms with Crippen molar-refractivity contribution >= 4 is 27.8 Å². The Morgan fingerprint density at radius 3 is 2.50 bits per heavy atom. The monoisotopic (exact) mass is 351 g/mol. The van der Waals surface area contributed by atoms with Gasteiger partial charge in [-0.05, 0) is 37.1 Å². The lowest BCUT2D eigenvalue weighted by molar-refractivity contribution is -0.137. The molecule has 0 bridgehead atoms. The Hall–Kier alpha value is -2.48. The average molecular weight is 351 g/mol. The average Bonchev–Trinajstić information content (AvgIpc) is 2.82. The van der Waals surface area contributed by atoms with E-state index in [2.05, 4.69) is 10.1 Å². The number of aromatic nitrogens is 2. The third-order valence-corrected chi connectivity index (χ3v) is 4.76. The second-order valence-electron chi connectivity index (χ2n) is 5.22. The maximum Gasteiger partial charge on any atom is 0.416 e. The molecule has 0 spiro atoms. The zero-order valence-electron chi connectivity index (χ0n) is 12.8. The van der Waals surface area contributed by atoms with Crippen LogP contribution in [-0.4, -0.2) is 15.9 Å². The third-order valence-electron chi connectivity index (χ3n) is 3.64. The van der Waals surface area contributed by atoms with Crippen LogP contribution in [0.3, 0.4) is 0 Å². The number of aryl methyl sites for hydroxylation is 2. The molecule has 2 aromatic heterocycles. The Bertz CT molecular complexity index is 985. The normalized spacial score (nSPS) is 12.4. The molecule has 0 N–H and O–H groups in total. The van der Waals surface area contributed by atoms with Crippen molar-refractivity contribution in [3.63, 3.8) is 0 Å². The van der Waals surface area contributed by atoms with Gasteiger partial charge in [-0.15, -0.1) is 11.3 Å². The van der Waals surface area contributed by atoms with Gasteiger partial charge in [0.15, 0.2) is 0 Å². The summed E-state index contributed by atoms with van der Waals surface area (Å²) in [6.45, 7) is 3.76. The molecule has 4 nitrogen and oxygen atoms in total. The first-order chi connectivity index (χ1) is 11.3. The van der Waals surface area contributed by atoms with Crippen LogP contribution in [0.1, 0.15) is 21.6 Å². The highest BCUT2D eigenvalue weighted by atomic mass is 32.1. The number of hydrogen-bond acceptors (Lipinski definition) is 4. The molecule has 3 aromatic rings. The van der Waals surface area contributed by atoms with Crippen molar-refractivity contribution in [2.24, 2.45) is 5.10 Å². The van der Waals surface area contributed by atoms with Crippen molar-refractivity contribution in [2.45, 2.75) is 20.0 Å². The maximum absolute atomic E-state index is 12.5. The van der Waals surface area contributed by atoms with Gasteiger partial charge in [-0.1, -0.05) is 12.1 Å². The third kappa shape index (κ3) is 2.96. The van der Waals surface area contributed by atoms with Gasteiger partial charge in [0, 0.05) is 4.88 Å². The van der Waals surface area contributed by atoms with E-state index in [1.165, 1.54) is 36.0 Å². The van der Waals surface area contributed by atoms with Crippen molar-refractivity contribution < 1.29 is 13.2 Å². The standard InChI is InChI=1S/C16H12F3N3OS/c1-9-10(2)24-14-13(9)15(23)22(8-20-14)21-7-11-3-5-12(6-4-11)16(17,18)19/h3-8H,1-2H3/b21-7+. The van der Waals surface area contributed by atoms with Gasteiger partial charge >= 0.3 is 6.18 Å². The number of halogens is 3. The highest BCUT2D eigenvalue weighted by Crippen LogP contribution is 2.29. The fraction of sp³-hybridized carbons (Fsp3) is 0.188. The predicted molar refractivity (Wildman–Crippen MR) is 87.8 cm³/mol. The van der Waals surface area contributed by atoms with Gasteiger partial charge in [0.05, 0.1) is 17.2 Å². The first-order valence-corrected chi connectivity index (χ1v) is 7.78. The number of thiophene rings is 1. The maximum atomic E-state index is 12.5. The Balaban J connectivity index is 1.95. The van der Waals surface area contributed by atoms with Gasteiger partial charge in [0.25, 0.3) is 5.56 Å². The second-order valence-corrected chi connectivity index (χ2v) is 6.43. The molecule has 0 fully saturated rings. The predicted octanol–water partition coefficient (Wildman–Crippen LogP) is 3.98. The van der Waals surface area contributed by atoms with Crippen LogP contribution in [0, 0.1) is 13.8 Å². The van der Waals surface area contributed by atoms with Gasteiger partial charge in [-0.2, -0.15) is 22.9 Å². The first kappa shape index (κ1) is 16.4. The molecular weight excluding hydrogens is 339 g/mol. The molecule has 0 atom stereocenters. The summed E-state index contributed by atoms with van der Waals surface area (Å²) in [7, 11) is 0. The van der Waals surface area contributed by atoms with Gasteiger partial charge in [-0.25, -0.2) is 4.98 Å². The highest BCUT2D eigenvalue weighted by molar-refractivity contribution is 7.18. The fourth-order valence-electron chi connectivity index (χ4n) is 2.20. The minimum atomic E-state index is -4.38. The molecule has 8 heteroatoms. The van der Waals surface area contributed by atoms with E-state index in [0.717, 1.165) is 27.2 Å². The topological polar surface area (TPSA) is 47.2 Å². The quantitative estimate of drug-likeness (QED) is 0.656. The first-order valence-electron chi connectivity index (χ1n) is 6.96. The molecule has 0 aliphatic heterocycles. The highest BCUT2D eigenvalue weighted by Gasteiger charge is 2.29. The molecule has 24 heavy (non-hydrogen) atoms. The lowest BCUT2D eigenvalue weighted by Crippen LogP contribution is -2.17. The Labute approximate surface area is 138 Å². The van der Waals surface area contributed by atoms with Crippen LogP contribution in [-0.2, 0) is 6.18 Å². The summed E-state index contributed by atoms with van der Waals surface area (Å²) in [4.78, 5) is 18.3. The summed E-state index contributed by atoms with van der Waals surface area (Å²) >= 11 is 1.44. The number of rotatable bonds is 2.